The number of halogens is 2. The van der Waals surface area contributed by atoms with Gasteiger partial charge >= 0.3 is 11.8 Å². The average molecular weight is 381 g/mol. The molecule has 7 heteroatoms. The van der Waals surface area contributed by atoms with Crippen LogP contribution < -0.4 is 10.7 Å². The Hall–Kier alpha value is -2.18. The fraction of sp³-hybridized carbons (Fsp3) is 0. The monoisotopic (exact) mass is 379 g/mol. The topological polar surface area (TPSA) is 70.6 Å². The number of amides is 2. The van der Waals surface area contributed by atoms with Gasteiger partial charge in [-0.3, -0.25) is 9.59 Å². The number of rotatable bonds is 3. The second-order valence-corrected chi connectivity index (χ2v) is 5.47. The van der Waals surface area contributed by atoms with Crippen LogP contribution in [-0.2, 0) is 9.59 Å². The van der Waals surface area contributed by atoms with Crippen LogP contribution in [0.5, 0.6) is 0 Å². The molecule has 2 aromatic carbocycles. The number of hydrogen-bond donors (Lipinski definition) is 2. The molecule has 22 heavy (non-hydrogen) atoms. The minimum absolute atomic E-state index is 0.472. The molecule has 0 fully saturated rings. The van der Waals surface area contributed by atoms with E-state index in [0.29, 0.717) is 10.7 Å². The van der Waals surface area contributed by atoms with E-state index >= 15 is 0 Å². The van der Waals surface area contributed by atoms with Gasteiger partial charge in [0, 0.05) is 20.7 Å². The molecule has 0 spiro atoms. The van der Waals surface area contributed by atoms with Crippen LogP contribution in [0.15, 0.2) is 58.1 Å². The maximum absolute atomic E-state index is 11.7. The van der Waals surface area contributed by atoms with Crippen LogP contribution in [0.1, 0.15) is 5.56 Å². The van der Waals surface area contributed by atoms with E-state index in [-0.39, 0.29) is 0 Å². The maximum atomic E-state index is 11.7. The molecule has 2 amide bonds. The molecule has 0 aromatic heterocycles. The Bertz CT molecular complexity index is 717. The summed E-state index contributed by atoms with van der Waals surface area (Å²) in [4.78, 5) is 23.3. The zero-order chi connectivity index (χ0) is 15.9. The third kappa shape index (κ3) is 4.68. The minimum Gasteiger partial charge on any atom is -0.318 e. The van der Waals surface area contributed by atoms with Gasteiger partial charge in [-0.25, -0.2) is 5.43 Å². The van der Waals surface area contributed by atoms with Crippen molar-refractivity contribution < 1.29 is 9.59 Å². The fourth-order valence-corrected chi connectivity index (χ4v) is 2.03. The summed E-state index contributed by atoms with van der Waals surface area (Å²) in [5.41, 5.74) is 3.41. The van der Waals surface area contributed by atoms with Crippen LogP contribution in [0.4, 0.5) is 5.69 Å². The normalized spacial score (nSPS) is 10.5. The number of nitrogens with zero attached hydrogens (tertiary/aromatic N) is 1. The maximum Gasteiger partial charge on any atom is 0.329 e. The predicted molar refractivity (Wildman–Crippen MR) is 90.0 cm³/mol. The van der Waals surface area contributed by atoms with Crippen LogP contribution >= 0.6 is 27.5 Å². The van der Waals surface area contributed by atoms with Crippen molar-refractivity contribution >= 4 is 51.2 Å². The molecule has 0 aliphatic carbocycles. The number of hydrogen-bond acceptors (Lipinski definition) is 3. The van der Waals surface area contributed by atoms with Gasteiger partial charge in [-0.15, -0.1) is 0 Å². The Morgan fingerprint density at radius 1 is 1.05 bits per heavy atom. The molecular weight excluding hydrogens is 370 g/mol. The highest BCUT2D eigenvalue weighted by molar-refractivity contribution is 9.10. The second kappa shape index (κ2) is 7.72. The first-order valence-electron chi connectivity index (χ1n) is 6.21. The lowest BCUT2D eigenvalue weighted by atomic mass is 10.2. The van der Waals surface area contributed by atoms with Crippen LogP contribution in [0.3, 0.4) is 0 Å². The van der Waals surface area contributed by atoms with Crippen molar-refractivity contribution in [1.82, 2.24) is 5.43 Å². The van der Waals surface area contributed by atoms with Crippen molar-refractivity contribution in [3.05, 3.63) is 63.6 Å². The minimum atomic E-state index is -0.863. The summed E-state index contributed by atoms with van der Waals surface area (Å²) < 4.78 is 0.832. The number of carbonyl (C=O) groups excluding carboxylic acids is 2. The van der Waals surface area contributed by atoms with Crippen molar-refractivity contribution in [2.24, 2.45) is 5.10 Å². The SMILES string of the molecule is O=C(N/N=C\c1ccccc1Br)C(=O)Nc1ccc(Cl)cc1. The van der Waals surface area contributed by atoms with Gasteiger partial charge in [0.25, 0.3) is 0 Å². The number of carbonyl (C=O) groups is 2. The number of nitrogens with one attached hydrogen (secondary N) is 2. The van der Waals surface area contributed by atoms with E-state index in [1.54, 1.807) is 24.3 Å². The molecule has 0 aliphatic heterocycles. The molecule has 0 unspecified atom stereocenters. The molecule has 0 bridgehead atoms. The van der Waals surface area contributed by atoms with Crippen molar-refractivity contribution in [3.8, 4) is 0 Å². The molecule has 5 nitrogen and oxygen atoms in total. The van der Waals surface area contributed by atoms with Crippen molar-refractivity contribution in [3.63, 3.8) is 0 Å². The van der Waals surface area contributed by atoms with E-state index < -0.39 is 11.8 Å². The summed E-state index contributed by atoms with van der Waals surface area (Å²) in [6, 6.07) is 13.8. The first kappa shape index (κ1) is 16.2. The number of hydrazone groups is 1. The highest BCUT2D eigenvalue weighted by Crippen LogP contribution is 2.14. The van der Waals surface area contributed by atoms with Gasteiger partial charge in [-0.1, -0.05) is 45.7 Å². The molecule has 0 atom stereocenters. The molecule has 0 radical (unpaired) electrons. The molecule has 0 saturated heterocycles. The Labute approximate surface area is 140 Å². The summed E-state index contributed by atoms with van der Waals surface area (Å²) in [6.07, 6.45) is 1.44. The Morgan fingerprint density at radius 3 is 2.41 bits per heavy atom. The van der Waals surface area contributed by atoms with E-state index in [4.69, 9.17) is 11.6 Å². The molecule has 0 aliphatic rings. The standard InChI is InChI=1S/C15H11BrClN3O2/c16-13-4-2-1-3-10(13)9-18-20-15(22)14(21)19-12-7-5-11(17)6-8-12/h1-9H,(H,19,21)(H,20,22)/b18-9-. The zero-order valence-electron chi connectivity index (χ0n) is 11.2. The van der Waals surface area contributed by atoms with Gasteiger partial charge in [-0.05, 0) is 30.3 Å². The molecule has 112 valence electrons. The van der Waals surface area contributed by atoms with E-state index in [2.05, 4.69) is 31.8 Å². The van der Waals surface area contributed by atoms with Gasteiger partial charge in [0.15, 0.2) is 0 Å². The smallest absolute Gasteiger partial charge is 0.318 e. The molecule has 2 N–H and O–H groups in total. The molecule has 0 saturated carbocycles. The first-order valence-corrected chi connectivity index (χ1v) is 7.38. The summed E-state index contributed by atoms with van der Waals surface area (Å²) in [7, 11) is 0. The molecular formula is C15H11BrClN3O2. The Morgan fingerprint density at radius 2 is 1.73 bits per heavy atom. The summed E-state index contributed by atoms with van der Waals surface area (Å²) in [6.45, 7) is 0. The van der Waals surface area contributed by atoms with Gasteiger partial charge in [0.05, 0.1) is 6.21 Å². The third-order valence-electron chi connectivity index (χ3n) is 2.58. The van der Waals surface area contributed by atoms with Gasteiger partial charge in [0.2, 0.25) is 0 Å². The van der Waals surface area contributed by atoms with Crippen LogP contribution in [0, 0.1) is 0 Å². The predicted octanol–water partition coefficient (Wildman–Crippen LogP) is 3.19. The number of benzene rings is 2. The Balaban J connectivity index is 1.90. The van der Waals surface area contributed by atoms with Crippen molar-refractivity contribution in [1.29, 1.82) is 0 Å². The van der Waals surface area contributed by atoms with Gasteiger partial charge in [-0.2, -0.15) is 5.10 Å². The second-order valence-electron chi connectivity index (χ2n) is 4.18. The van der Waals surface area contributed by atoms with E-state index in [0.717, 1.165) is 10.0 Å². The van der Waals surface area contributed by atoms with Crippen LogP contribution in [-0.4, -0.2) is 18.0 Å². The lowest BCUT2D eigenvalue weighted by Crippen LogP contribution is -2.32. The van der Waals surface area contributed by atoms with Gasteiger partial charge in [0.1, 0.15) is 0 Å². The largest absolute Gasteiger partial charge is 0.329 e. The molecule has 2 rings (SSSR count). The van der Waals surface area contributed by atoms with Crippen LogP contribution in [0.2, 0.25) is 5.02 Å². The van der Waals surface area contributed by atoms with Crippen molar-refractivity contribution in [2.75, 3.05) is 5.32 Å². The zero-order valence-corrected chi connectivity index (χ0v) is 13.6. The van der Waals surface area contributed by atoms with Gasteiger partial charge < -0.3 is 5.32 Å². The lowest BCUT2D eigenvalue weighted by molar-refractivity contribution is -0.136. The lowest BCUT2D eigenvalue weighted by Gasteiger charge is -2.03. The number of anilines is 1. The fourth-order valence-electron chi connectivity index (χ4n) is 1.51. The quantitative estimate of drug-likeness (QED) is 0.488. The molecule has 0 heterocycles. The van der Waals surface area contributed by atoms with E-state index in [1.807, 2.05) is 24.3 Å². The van der Waals surface area contributed by atoms with Crippen LogP contribution in [0.25, 0.3) is 0 Å². The summed E-state index contributed by atoms with van der Waals surface area (Å²) in [5.74, 6) is -1.68. The third-order valence-corrected chi connectivity index (χ3v) is 3.56. The average Bonchev–Trinajstić information content (AvgIpc) is 2.51. The highest BCUT2D eigenvalue weighted by atomic mass is 79.9. The van der Waals surface area contributed by atoms with E-state index in [1.165, 1.54) is 6.21 Å². The Kier molecular flexibility index (Phi) is 5.68. The highest BCUT2D eigenvalue weighted by Gasteiger charge is 2.12. The van der Waals surface area contributed by atoms with E-state index in [9.17, 15) is 9.59 Å². The van der Waals surface area contributed by atoms with Crippen molar-refractivity contribution in [2.45, 2.75) is 0 Å². The molecule has 2 aromatic rings. The first-order chi connectivity index (χ1) is 10.6. The summed E-state index contributed by atoms with van der Waals surface area (Å²) in [5, 5.41) is 6.72. The summed E-state index contributed by atoms with van der Waals surface area (Å²) >= 11 is 9.08.